The van der Waals surface area contributed by atoms with Crippen molar-refractivity contribution in [3.63, 3.8) is 0 Å². The largest absolute Gasteiger partial charge is 0.466 e. The molecule has 1 aromatic carbocycles. The minimum Gasteiger partial charge on any atom is -0.303 e. The van der Waals surface area contributed by atoms with E-state index in [9.17, 15) is 0 Å². The minimum atomic E-state index is -4.64. The van der Waals surface area contributed by atoms with Crippen LogP contribution in [-0.2, 0) is 4.57 Å². The first-order valence-corrected chi connectivity index (χ1v) is 5.96. The van der Waals surface area contributed by atoms with Crippen molar-refractivity contribution in [2.45, 2.75) is 0 Å². The smallest absolute Gasteiger partial charge is 0.303 e. The van der Waals surface area contributed by atoms with Gasteiger partial charge in [0.05, 0.1) is 0 Å². The second-order valence-corrected chi connectivity index (χ2v) is 4.61. The van der Waals surface area contributed by atoms with E-state index in [0.29, 0.717) is 0 Å². The summed E-state index contributed by atoms with van der Waals surface area (Å²) < 4.78 is 10.2. The molecule has 5 N–H and O–H groups in total. The molecule has 7 heteroatoms. The van der Waals surface area contributed by atoms with E-state index >= 15 is 0 Å². The van der Waals surface area contributed by atoms with Gasteiger partial charge in [-0.25, -0.2) is 4.57 Å². The molecule has 0 radical (unpaired) electrons. The number of rotatable bonds is 0. The van der Waals surface area contributed by atoms with E-state index in [4.69, 9.17) is 25.0 Å². The first-order valence-electron chi connectivity index (χ1n) is 3.39. The third kappa shape index (κ3) is 12.1. The van der Waals surface area contributed by atoms with Gasteiger partial charge < -0.3 is 14.7 Å². The predicted octanol–water partition coefficient (Wildman–Crippen LogP) is -0.866. The maximum atomic E-state index is 8.88. The topological polar surface area (TPSA) is 104 Å². The summed E-state index contributed by atoms with van der Waals surface area (Å²) in [5.74, 6) is 0. The van der Waals surface area contributed by atoms with Crippen molar-refractivity contribution < 1.29 is 19.2 Å². The fraction of sp³-hybridized carbons (Fsp3) is 0. The Kier molecular flexibility index (Phi) is 5.83. The standard InChI is InChI=1S/C6H6N.Na.H3O4P/c7-6-4-2-1-3-5-6;;1-5(2,3)4/h1-2,4-5H,7H2;;(H3,1,2,3,4). The monoisotopic (exact) mass is 213 g/mol. The molecule has 0 unspecified atom stereocenters. The number of phosphoric acid groups is 1. The van der Waals surface area contributed by atoms with Crippen LogP contribution in [0.5, 0.6) is 0 Å². The zero-order chi connectivity index (χ0) is 10.5. The summed E-state index contributed by atoms with van der Waals surface area (Å²) in [5.41, 5.74) is 6.35. The first kappa shape index (κ1) is 13.1. The van der Waals surface area contributed by atoms with E-state index < -0.39 is 7.82 Å². The van der Waals surface area contributed by atoms with Crippen LogP contribution >= 0.6 is 7.82 Å². The number of benzene rings is 1. The number of nitrogen functional groups attached to an aromatic ring is 1. The van der Waals surface area contributed by atoms with E-state index in [-0.39, 0.29) is 0 Å². The van der Waals surface area contributed by atoms with Crippen molar-refractivity contribution in [2.75, 3.05) is 5.73 Å². The van der Waals surface area contributed by atoms with Gasteiger partial charge in [-0.05, 0) is 0 Å². The van der Waals surface area contributed by atoms with Gasteiger partial charge >= 0.3 is 74.3 Å². The second kappa shape index (κ2) is 5.78. The molecule has 0 aliphatic rings. The van der Waals surface area contributed by atoms with E-state index in [1.807, 2.05) is 18.2 Å². The van der Waals surface area contributed by atoms with Crippen molar-refractivity contribution in [1.82, 2.24) is 0 Å². The van der Waals surface area contributed by atoms with Crippen molar-refractivity contribution in [3.05, 3.63) is 24.3 Å². The zero-order valence-electron chi connectivity index (χ0n) is 7.08. The fourth-order valence-electron chi connectivity index (χ4n) is 0.670. The Labute approximate surface area is 93.2 Å². The van der Waals surface area contributed by atoms with Crippen LogP contribution in [0.2, 0.25) is 0 Å². The molecular formula is C6H9NNaO4P. The summed E-state index contributed by atoms with van der Waals surface area (Å²) >= 11 is 1.09. The predicted molar refractivity (Wildman–Crippen MR) is 50.5 cm³/mol. The Hall–Kier alpha value is 0.130. The van der Waals surface area contributed by atoms with Crippen LogP contribution in [0.1, 0.15) is 0 Å². The van der Waals surface area contributed by atoms with Gasteiger partial charge in [-0.3, -0.25) is 0 Å². The molecule has 0 aliphatic heterocycles. The van der Waals surface area contributed by atoms with Gasteiger partial charge in [0.25, 0.3) is 0 Å². The Balaban J connectivity index is 0.000000252. The summed E-state index contributed by atoms with van der Waals surface area (Å²) in [7, 11) is -4.64. The molecule has 0 spiro atoms. The summed E-state index contributed by atoms with van der Waals surface area (Å²) in [6.45, 7) is 0. The molecule has 0 saturated heterocycles. The van der Waals surface area contributed by atoms with Gasteiger partial charge in [0.15, 0.2) is 0 Å². The van der Waals surface area contributed by atoms with Crippen LogP contribution in [0.4, 0.5) is 5.69 Å². The SMILES string of the molecule is Nc1ccc[c]([Na])c1.O=P(O)(O)O. The van der Waals surface area contributed by atoms with E-state index in [1.165, 1.54) is 2.81 Å². The van der Waals surface area contributed by atoms with E-state index in [1.54, 1.807) is 0 Å². The third-order valence-electron chi connectivity index (χ3n) is 1.04. The van der Waals surface area contributed by atoms with Crippen molar-refractivity contribution >= 4 is 44.3 Å². The van der Waals surface area contributed by atoms with Gasteiger partial charge in [0.1, 0.15) is 0 Å². The Morgan fingerprint density at radius 1 is 1.31 bits per heavy atom. The molecule has 5 nitrogen and oxygen atoms in total. The van der Waals surface area contributed by atoms with Crippen LogP contribution in [0.15, 0.2) is 24.3 Å². The summed E-state index contributed by atoms with van der Waals surface area (Å²) in [6, 6.07) is 7.98. The van der Waals surface area contributed by atoms with Crippen molar-refractivity contribution in [1.29, 1.82) is 0 Å². The molecule has 0 bridgehead atoms. The molecule has 0 amide bonds. The van der Waals surface area contributed by atoms with Crippen LogP contribution < -0.4 is 8.55 Å². The van der Waals surface area contributed by atoms with Gasteiger partial charge in [-0.15, -0.1) is 0 Å². The van der Waals surface area contributed by atoms with Crippen molar-refractivity contribution in [3.8, 4) is 0 Å². The number of anilines is 1. The summed E-state index contributed by atoms with van der Waals surface area (Å²) in [4.78, 5) is 21.6. The molecule has 0 heterocycles. The fourth-order valence-corrected chi connectivity index (χ4v) is 1.20. The van der Waals surface area contributed by atoms with Gasteiger partial charge in [-0.2, -0.15) is 0 Å². The third-order valence-corrected chi connectivity index (χ3v) is 1.66. The van der Waals surface area contributed by atoms with Crippen molar-refractivity contribution in [2.24, 2.45) is 0 Å². The number of nitrogens with two attached hydrogens (primary N) is 1. The zero-order valence-corrected chi connectivity index (χ0v) is 9.98. The summed E-state index contributed by atoms with van der Waals surface area (Å²) in [6.07, 6.45) is 0. The van der Waals surface area contributed by atoms with Crippen LogP contribution in [-0.4, -0.2) is 42.6 Å². The number of hydrogen-bond acceptors (Lipinski definition) is 2. The maximum absolute atomic E-state index is 8.88. The molecule has 68 valence electrons. The van der Waals surface area contributed by atoms with Crippen LogP contribution in [0, 0.1) is 0 Å². The molecule has 0 fully saturated rings. The van der Waals surface area contributed by atoms with Crippen LogP contribution in [0.25, 0.3) is 0 Å². The summed E-state index contributed by atoms with van der Waals surface area (Å²) in [5, 5.41) is 0. The molecule has 1 aromatic rings. The molecule has 0 aliphatic carbocycles. The molecule has 13 heavy (non-hydrogen) atoms. The van der Waals surface area contributed by atoms with E-state index in [2.05, 4.69) is 6.07 Å². The molecule has 0 atom stereocenters. The first-order chi connectivity index (χ1) is 5.79. The molecule has 0 saturated carbocycles. The molecule has 0 aromatic heterocycles. The average Bonchev–Trinajstić information content (AvgIpc) is 1.81. The number of hydrogen-bond donors (Lipinski definition) is 4. The maximum Gasteiger partial charge on any atom is 0.466 e. The average molecular weight is 213 g/mol. The van der Waals surface area contributed by atoms with Gasteiger partial charge in [0.2, 0.25) is 0 Å². The molecule has 1 rings (SSSR count). The second-order valence-electron chi connectivity index (χ2n) is 2.43. The Morgan fingerprint density at radius 2 is 1.77 bits per heavy atom. The quantitative estimate of drug-likeness (QED) is 0.255. The van der Waals surface area contributed by atoms with Crippen LogP contribution in [0.3, 0.4) is 0 Å². The van der Waals surface area contributed by atoms with Gasteiger partial charge in [0, 0.05) is 0 Å². The Morgan fingerprint density at radius 3 is 2.00 bits per heavy atom. The van der Waals surface area contributed by atoms with E-state index in [0.717, 1.165) is 33.6 Å². The van der Waals surface area contributed by atoms with Gasteiger partial charge in [-0.1, -0.05) is 0 Å². The minimum absolute atomic E-state index is 0.873. The molecular weight excluding hydrogens is 204 g/mol. The Bertz CT molecular complexity index is 288. The normalized spacial score (nSPS) is 10.2.